The molecule has 2 aliphatic rings. The Balaban J connectivity index is 1.27. The van der Waals surface area contributed by atoms with Gasteiger partial charge in [-0.3, -0.25) is 0 Å². The highest BCUT2D eigenvalue weighted by atomic mass is 16.5. The number of piperidine rings is 1. The Morgan fingerprint density at radius 1 is 1.22 bits per heavy atom. The molecule has 0 saturated carbocycles. The number of pyridine rings is 2. The van der Waals surface area contributed by atoms with Crippen molar-refractivity contribution in [2.24, 2.45) is 5.41 Å². The molecule has 0 spiro atoms. The number of aromatic amines is 1. The van der Waals surface area contributed by atoms with E-state index in [4.69, 9.17) is 14.5 Å². The average molecular weight is 490 g/mol. The molecular weight excluding hydrogens is 454 g/mol. The van der Waals surface area contributed by atoms with E-state index in [2.05, 4.69) is 52.1 Å². The third kappa shape index (κ3) is 4.10. The summed E-state index contributed by atoms with van der Waals surface area (Å²) in [7, 11) is 1.67. The fraction of sp³-hybridized carbons (Fsp3) is 0.519. The lowest BCUT2D eigenvalue weighted by Gasteiger charge is -2.40. The number of rotatable bonds is 7. The lowest BCUT2D eigenvalue weighted by atomic mass is 9.88. The molecule has 0 atom stereocenters. The number of nitrogens with one attached hydrogen (secondary N) is 2. The fourth-order valence-electron chi connectivity index (χ4n) is 5.54. The van der Waals surface area contributed by atoms with Gasteiger partial charge in [-0.25, -0.2) is 14.5 Å². The summed E-state index contributed by atoms with van der Waals surface area (Å²) in [5.41, 5.74) is 5.44. The van der Waals surface area contributed by atoms with Crippen molar-refractivity contribution in [1.82, 2.24) is 29.9 Å². The van der Waals surface area contributed by atoms with Crippen LogP contribution in [0.1, 0.15) is 45.1 Å². The number of anilines is 1. The van der Waals surface area contributed by atoms with E-state index in [0.29, 0.717) is 28.8 Å². The minimum atomic E-state index is 0.311. The molecule has 2 saturated heterocycles. The maximum atomic E-state index is 5.61. The number of H-pyrrole nitrogens is 1. The van der Waals surface area contributed by atoms with Crippen LogP contribution in [0.15, 0.2) is 30.9 Å². The highest BCUT2D eigenvalue weighted by molar-refractivity contribution is 5.92. The van der Waals surface area contributed by atoms with Gasteiger partial charge in [0, 0.05) is 48.2 Å². The van der Waals surface area contributed by atoms with Crippen LogP contribution in [0.25, 0.3) is 27.8 Å². The summed E-state index contributed by atoms with van der Waals surface area (Å²) in [5, 5.41) is 9.34. The Morgan fingerprint density at radius 2 is 2.03 bits per heavy atom. The van der Waals surface area contributed by atoms with Crippen LogP contribution in [0.4, 0.5) is 5.82 Å². The van der Waals surface area contributed by atoms with Crippen molar-refractivity contribution in [3.05, 3.63) is 36.4 Å². The van der Waals surface area contributed by atoms with Crippen LogP contribution in [0.3, 0.4) is 0 Å². The second-order valence-electron chi connectivity index (χ2n) is 10.9. The van der Waals surface area contributed by atoms with Gasteiger partial charge in [0.05, 0.1) is 37.7 Å². The van der Waals surface area contributed by atoms with Gasteiger partial charge in [-0.05, 0) is 36.5 Å². The maximum Gasteiger partial charge on any atom is 0.197 e. The minimum absolute atomic E-state index is 0.311. The smallest absolute Gasteiger partial charge is 0.197 e. The first-order chi connectivity index (χ1) is 17.4. The van der Waals surface area contributed by atoms with Gasteiger partial charge < -0.3 is 24.7 Å². The molecule has 36 heavy (non-hydrogen) atoms. The van der Waals surface area contributed by atoms with Gasteiger partial charge in [0.2, 0.25) is 0 Å². The summed E-state index contributed by atoms with van der Waals surface area (Å²) in [6, 6.07) is 4.85. The van der Waals surface area contributed by atoms with E-state index < -0.39 is 0 Å². The average Bonchev–Trinajstić information content (AvgIpc) is 3.50. The first-order valence-corrected chi connectivity index (χ1v) is 12.9. The summed E-state index contributed by atoms with van der Waals surface area (Å²) in [6.07, 6.45) is 7.79. The number of nitrogens with zero attached hydrogens (tertiary/aromatic N) is 5. The Labute approximate surface area is 211 Å². The van der Waals surface area contributed by atoms with Gasteiger partial charge in [0.15, 0.2) is 11.4 Å². The van der Waals surface area contributed by atoms with Gasteiger partial charge in [-0.15, -0.1) is 0 Å². The van der Waals surface area contributed by atoms with E-state index in [0.717, 1.165) is 68.3 Å². The normalized spacial score (nSPS) is 18.3. The molecule has 4 aromatic heterocycles. The first-order valence-electron chi connectivity index (χ1n) is 12.9. The van der Waals surface area contributed by atoms with E-state index in [1.165, 1.54) is 10.9 Å². The van der Waals surface area contributed by atoms with Crippen LogP contribution in [0.5, 0.6) is 5.75 Å². The second-order valence-corrected chi connectivity index (χ2v) is 10.9. The molecular formula is C27H35N7O2. The standard InChI is InChI=1S/C27H35N7O2/c1-17(2)24-20-10-23(33-7-5-19(6-8-33)29-13-27(3)14-36-15-27)28-11-21(20)32-25(24)18-9-22(35-4)26-30-16-31-34(26)12-18/h9-12,16-17,19,29,32H,5-8,13-15H2,1-4H3. The molecule has 0 aliphatic carbocycles. The van der Waals surface area contributed by atoms with Crippen molar-refractivity contribution < 1.29 is 9.47 Å². The predicted molar refractivity (Wildman–Crippen MR) is 141 cm³/mol. The Kier molecular flexibility index (Phi) is 5.84. The van der Waals surface area contributed by atoms with Crippen LogP contribution in [0.2, 0.25) is 0 Å². The van der Waals surface area contributed by atoms with Crippen LogP contribution >= 0.6 is 0 Å². The molecule has 0 amide bonds. The molecule has 4 aromatic rings. The number of hydrogen-bond acceptors (Lipinski definition) is 7. The predicted octanol–water partition coefficient (Wildman–Crippen LogP) is 4.00. The quantitative estimate of drug-likeness (QED) is 0.405. The van der Waals surface area contributed by atoms with Crippen molar-refractivity contribution in [3.63, 3.8) is 0 Å². The van der Waals surface area contributed by atoms with Gasteiger partial charge in [0.25, 0.3) is 0 Å². The summed E-state index contributed by atoms with van der Waals surface area (Å²) in [4.78, 5) is 15.2. The SMILES string of the molecule is COc1cc(-c2[nH]c3cnc(N4CCC(NCC5(C)COC5)CC4)cc3c2C(C)C)cn2ncnc12. The summed E-state index contributed by atoms with van der Waals surface area (Å²) in [5.74, 6) is 2.08. The molecule has 9 heteroatoms. The lowest BCUT2D eigenvalue weighted by Crippen LogP contribution is -2.51. The molecule has 6 heterocycles. The van der Waals surface area contributed by atoms with E-state index in [1.807, 2.05) is 18.5 Å². The topological polar surface area (TPSA) is 92.6 Å². The molecule has 0 radical (unpaired) electrons. The Bertz CT molecular complexity index is 1380. The number of hydrogen-bond donors (Lipinski definition) is 2. The van der Waals surface area contributed by atoms with Crippen molar-refractivity contribution in [3.8, 4) is 17.0 Å². The summed E-state index contributed by atoms with van der Waals surface area (Å²) in [6.45, 7) is 11.6. The van der Waals surface area contributed by atoms with Crippen molar-refractivity contribution in [2.45, 2.75) is 45.6 Å². The third-order valence-electron chi connectivity index (χ3n) is 7.67. The van der Waals surface area contributed by atoms with E-state index in [9.17, 15) is 0 Å². The molecule has 9 nitrogen and oxygen atoms in total. The zero-order chi connectivity index (χ0) is 24.9. The van der Waals surface area contributed by atoms with E-state index in [-0.39, 0.29) is 0 Å². The molecule has 2 aliphatic heterocycles. The second kappa shape index (κ2) is 9.05. The molecule has 190 valence electrons. The van der Waals surface area contributed by atoms with E-state index in [1.54, 1.807) is 18.0 Å². The van der Waals surface area contributed by atoms with E-state index >= 15 is 0 Å². The van der Waals surface area contributed by atoms with Gasteiger partial charge in [-0.1, -0.05) is 20.8 Å². The highest BCUT2D eigenvalue weighted by Gasteiger charge is 2.34. The zero-order valence-electron chi connectivity index (χ0n) is 21.5. The van der Waals surface area contributed by atoms with Gasteiger partial charge in [-0.2, -0.15) is 5.10 Å². The van der Waals surface area contributed by atoms with Gasteiger partial charge >= 0.3 is 0 Å². The monoisotopic (exact) mass is 489 g/mol. The molecule has 2 fully saturated rings. The Morgan fingerprint density at radius 3 is 2.72 bits per heavy atom. The molecule has 0 bridgehead atoms. The highest BCUT2D eigenvalue weighted by Crippen LogP contribution is 2.38. The van der Waals surface area contributed by atoms with Gasteiger partial charge in [0.1, 0.15) is 12.1 Å². The first kappa shape index (κ1) is 23.2. The summed E-state index contributed by atoms with van der Waals surface area (Å²) < 4.78 is 12.8. The zero-order valence-corrected chi connectivity index (χ0v) is 21.5. The van der Waals surface area contributed by atoms with Crippen LogP contribution in [-0.2, 0) is 4.74 Å². The summed E-state index contributed by atoms with van der Waals surface area (Å²) >= 11 is 0. The molecule has 6 rings (SSSR count). The lowest BCUT2D eigenvalue weighted by molar-refractivity contribution is -0.100. The van der Waals surface area contributed by atoms with Crippen LogP contribution in [0, 0.1) is 5.41 Å². The molecule has 0 aromatic carbocycles. The third-order valence-corrected chi connectivity index (χ3v) is 7.67. The minimum Gasteiger partial charge on any atom is -0.493 e. The van der Waals surface area contributed by atoms with Crippen molar-refractivity contribution in [1.29, 1.82) is 0 Å². The number of fused-ring (bicyclic) bond motifs is 2. The number of methoxy groups -OCH3 is 1. The van der Waals surface area contributed by atoms with Crippen molar-refractivity contribution >= 4 is 22.4 Å². The Hall–Kier alpha value is -3.17. The van der Waals surface area contributed by atoms with Crippen LogP contribution < -0.4 is 15.0 Å². The molecule has 2 N–H and O–H groups in total. The van der Waals surface area contributed by atoms with Crippen molar-refractivity contribution in [2.75, 3.05) is 44.9 Å². The number of aromatic nitrogens is 5. The molecule has 0 unspecified atom stereocenters. The largest absolute Gasteiger partial charge is 0.493 e. The maximum absolute atomic E-state index is 5.61. The fourth-order valence-corrected chi connectivity index (χ4v) is 5.54. The number of ether oxygens (including phenoxy) is 2. The van der Waals surface area contributed by atoms with Crippen LogP contribution in [-0.4, -0.2) is 70.6 Å².